The maximum absolute atomic E-state index is 12.9. The third-order valence-corrected chi connectivity index (χ3v) is 4.51. The summed E-state index contributed by atoms with van der Waals surface area (Å²) in [6, 6.07) is 6.99. The van der Waals surface area contributed by atoms with Gasteiger partial charge in [0.25, 0.3) is 5.91 Å². The van der Waals surface area contributed by atoms with Crippen molar-refractivity contribution in [1.82, 2.24) is 10.2 Å². The monoisotopic (exact) mass is 258 g/mol. The molecular weight excluding hydrogens is 236 g/mol. The first-order valence-corrected chi connectivity index (χ1v) is 7.27. The molecule has 2 aliphatic heterocycles. The summed E-state index contributed by atoms with van der Waals surface area (Å²) in [5, 5.41) is 3.45. The van der Waals surface area contributed by atoms with Gasteiger partial charge in [-0.25, -0.2) is 0 Å². The van der Waals surface area contributed by atoms with E-state index in [1.165, 1.54) is 6.42 Å². The number of nitrogens with one attached hydrogen (secondary N) is 1. The minimum atomic E-state index is 0.234. The van der Waals surface area contributed by atoms with Crippen molar-refractivity contribution in [2.75, 3.05) is 13.1 Å². The maximum Gasteiger partial charge on any atom is 0.254 e. The summed E-state index contributed by atoms with van der Waals surface area (Å²) in [5.41, 5.74) is 3.14. The molecule has 0 saturated carbocycles. The van der Waals surface area contributed by atoms with E-state index in [1.807, 2.05) is 13.0 Å². The molecule has 2 unspecified atom stereocenters. The second-order valence-corrected chi connectivity index (χ2v) is 5.91. The average molecular weight is 258 g/mol. The Balaban J connectivity index is 1.93. The van der Waals surface area contributed by atoms with Gasteiger partial charge in [-0.2, -0.15) is 0 Å². The molecule has 0 radical (unpaired) electrons. The van der Waals surface area contributed by atoms with Crippen LogP contribution >= 0.6 is 0 Å². The minimum Gasteiger partial charge on any atom is -0.331 e. The Hall–Kier alpha value is -1.35. The molecule has 2 bridgehead atoms. The fraction of sp³-hybridized carbons (Fsp3) is 0.562. The molecule has 2 atom stereocenters. The van der Waals surface area contributed by atoms with Gasteiger partial charge >= 0.3 is 0 Å². The number of hydrogen-bond acceptors (Lipinski definition) is 2. The molecule has 0 aliphatic carbocycles. The first-order chi connectivity index (χ1) is 9.16. The van der Waals surface area contributed by atoms with E-state index in [4.69, 9.17) is 0 Å². The molecule has 2 heterocycles. The number of carbonyl (C=O) groups excluding carboxylic acids is 1. The molecule has 1 N–H and O–H groups in total. The van der Waals surface area contributed by atoms with Crippen molar-refractivity contribution in [2.45, 2.75) is 45.2 Å². The Morgan fingerprint density at radius 2 is 2.00 bits per heavy atom. The molecule has 3 heteroatoms. The molecule has 3 rings (SSSR count). The number of fused-ring (bicyclic) bond motifs is 2. The quantitative estimate of drug-likeness (QED) is 0.838. The van der Waals surface area contributed by atoms with Gasteiger partial charge in [0.15, 0.2) is 0 Å². The zero-order valence-electron chi connectivity index (χ0n) is 11.8. The van der Waals surface area contributed by atoms with Crippen LogP contribution < -0.4 is 5.32 Å². The molecule has 3 nitrogen and oxygen atoms in total. The van der Waals surface area contributed by atoms with Gasteiger partial charge in [0.1, 0.15) is 0 Å². The number of carbonyl (C=O) groups is 1. The summed E-state index contributed by atoms with van der Waals surface area (Å²) in [5.74, 6) is 0.234. The number of nitrogens with zero attached hydrogens (tertiary/aromatic N) is 1. The van der Waals surface area contributed by atoms with Crippen LogP contribution in [0.25, 0.3) is 0 Å². The van der Waals surface area contributed by atoms with E-state index >= 15 is 0 Å². The molecular formula is C16H22N2O. The summed E-state index contributed by atoms with van der Waals surface area (Å²) in [6.45, 7) is 6.07. The van der Waals surface area contributed by atoms with Crippen molar-refractivity contribution >= 4 is 5.91 Å². The maximum atomic E-state index is 12.9. The lowest BCUT2D eigenvalue weighted by molar-refractivity contribution is 0.0679. The largest absolute Gasteiger partial charge is 0.331 e. The van der Waals surface area contributed by atoms with E-state index < -0.39 is 0 Å². The third-order valence-electron chi connectivity index (χ3n) is 4.51. The molecule has 2 aliphatic rings. The number of hydrogen-bond donors (Lipinski definition) is 1. The Labute approximate surface area is 115 Å². The summed E-state index contributed by atoms with van der Waals surface area (Å²) in [4.78, 5) is 15.0. The first-order valence-electron chi connectivity index (χ1n) is 7.27. The molecule has 19 heavy (non-hydrogen) atoms. The highest BCUT2D eigenvalue weighted by atomic mass is 16.2. The van der Waals surface area contributed by atoms with E-state index in [0.717, 1.165) is 42.6 Å². The van der Waals surface area contributed by atoms with Crippen LogP contribution in [-0.4, -0.2) is 36.0 Å². The van der Waals surface area contributed by atoms with Crippen molar-refractivity contribution in [1.29, 1.82) is 0 Å². The van der Waals surface area contributed by atoms with Crippen LogP contribution in [0.15, 0.2) is 18.2 Å². The molecule has 2 fully saturated rings. The van der Waals surface area contributed by atoms with Crippen LogP contribution in [0.5, 0.6) is 0 Å². The van der Waals surface area contributed by atoms with Crippen LogP contribution in [0, 0.1) is 13.8 Å². The van der Waals surface area contributed by atoms with Crippen molar-refractivity contribution in [2.24, 2.45) is 0 Å². The standard InChI is InChI=1S/C16H22N2O/c1-11-3-4-12(2)15(9-11)16(19)18-13-5-6-14(18)10-17-8-7-13/h3-4,9,13-14,17H,5-8,10H2,1-2H3. The number of rotatable bonds is 1. The summed E-state index contributed by atoms with van der Waals surface area (Å²) in [7, 11) is 0. The van der Waals surface area contributed by atoms with Gasteiger partial charge in [-0.3, -0.25) is 4.79 Å². The highest BCUT2D eigenvalue weighted by Gasteiger charge is 2.38. The van der Waals surface area contributed by atoms with Gasteiger partial charge in [-0.1, -0.05) is 17.7 Å². The predicted molar refractivity (Wildman–Crippen MR) is 76.4 cm³/mol. The molecule has 0 spiro atoms. The van der Waals surface area contributed by atoms with Gasteiger partial charge in [-0.05, 0) is 51.3 Å². The molecule has 1 aromatic rings. The van der Waals surface area contributed by atoms with E-state index in [2.05, 4.69) is 29.3 Å². The lowest BCUT2D eigenvalue weighted by Crippen LogP contribution is -2.42. The Bertz CT molecular complexity index is 484. The van der Waals surface area contributed by atoms with Gasteiger partial charge < -0.3 is 10.2 Å². The van der Waals surface area contributed by atoms with E-state index in [1.54, 1.807) is 0 Å². The van der Waals surface area contributed by atoms with Gasteiger partial charge in [-0.15, -0.1) is 0 Å². The summed E-state index contributed by atoms with van der Waals surface area (Å²) >= 11 is 0. The van der Waals surface area contributed by atoms with Crippen molar-refractivity contribution in [3.8, 4) is 0 Å². The highest BCUT2D eigenvalue weighted by molar-refractivity contribution is 5.96. The van der Waals surface area contributed by atoms with E-state index in [9.17, 15) is 4.79 Å². The zero-order chi connectivity index (χ0) is 13.4. The second kappa shape index (κ2) is 4.97. The van der Waals surface area contributed by atoms with E-state index in [-0.39, 0.29) is 5.91 Å². The van der Waals surface area contributed by atoms with Crippen molar-refractivity contribution in [3.63, 3.8) is 0 Å². The molecule has 1 amide bonds. The number of benzene rings is 1. The molecule has 0 aromatic heterocycles. The lowest BCUT2D eigenvalue weighted by atomic mass is 10.0. The highest BCUT2D eigenvalue weighted by Crippen LogP contribution is 2.30. The number of amides is 1. The van der Waals surface area contributed by atoms with Crippen LogP contribution in [0.4, 0.5) is 0 Å². The normalized spacial score (nSPS) is 26.3. The molecule has 102 valence electrons. The summed E-state index contributed by atoms with van der Waals surface area (Å²) < 4.78 is 0. The van der Waals surface area contributed by atoms with Crippen molar-refractivity contribution < 1.29 is 4.79 Å². The Morgan fingerprint density at radius 1 is 1.21 bits per heavy atom. The van der Waals surface area contributed by atoms with Crippen LogP contribution in [-0.2, 0) is 0 Å². The number of aryl methyl sites for hydroxylation is 2. The Morgan fingerprint density at radius 3 is 2.84 bits per heavy atom. The lowest BCUT2D eigenvalue weighted by Gasteiger charge is -2.28. The topological polar surface area (TPSA) is 32.3 Å². The third kappa shape index (κ3) is 2.27. The smallest absolute Gasteiger partial charge is 0.254 e. The predicted octanol–water partition coefficient (Wildman–Crippen LogP) is 2.27. The fourth-order valence-corrected chi connectivity index (χ4v) is 3.42. The van der Waals surface area contributed by atoms with Crippen molar-refractivity contribution in [3.05, 3.63) is 34.9 Å². The molecule has 2 saturated heterocycles. The second-order valence-electron chi connectivity index (χ2n) is 5.91. The fourth-order valence-electron chi connectivity index (χ4n) is 3.42. The van der Waals surface area contributed by atoms with E-state index in [0.29, 0.717) is 12.1 Å². The van der Waals surface area contributed by atoms with Crippen LogP contribution in [0.1, 0.15) is 40.7 Å². The first kappa shape index (κ1) is 12.7. The van der Waals surface area contributed by atoms with Crippen LogP contribution in [0.2, 0.25) is 0 Å². The van der Waals surface area contributed by atoms with Gasteiger partial charge in [0.05, 0.1) is 0 Å². The summed E-state index contributed by atoms with van der Waals surface area (Å²) in [6.07, 6.45) is 3.41. The van der Waals surface area contributed by atoms with Crippen LogP contribution in [0.3, 0.4) is 0 Å². The van der Waals surface area contributed by atoms with Gasteiger partial charge in [0.2, 0.25) is 0 Å². The SMILES string of the molecule is Cc1ccc(C)c(C(=O)N2C3CCNCC2CC3)c1. The minimum absolute atomic E-state index is 0.234. The van der Waals surface area contributed by atoms with Gasteiger partial charge in [0, 0.05) is 24.2 Å². The average Bonchev–Trinajstić information content (AvgIpc) is 2.65. The zero-order valence-corrected chi connectivity index (χ0v) is 11.8. The molecule has 1 aromatic carbocycles. The Kier molecular flexibility index (Phi) is 3.31.